The standard InChI is InChI=1S/C21H32/c1-10-13-14-19(12-3)21(8,9)17(4)15-16-18(11-2)20(5,6)7/h10-16H,3-4H2,1-2,5-9H3/b13-10-,16-15-,18-11+,19-14+. The van der Waals surface area contributed by atoms with Crippen LogP contribution in [0.5, 0.6) is 0 Å². The molecule has 0 aromatic heterocycles. The summed E-state index contributed by atoms with van der Waals surface area (Å²) in [5, 5.41) is 0. The van der Waals surface area contributed by atoms with Crippen molar-refractivity contribution < 1.29 is 0 Å². The van der Waals surface area contributed by atoms with Crippen molar-refractivity contribution in [3.8, 4) is 0 Å². The third-order valence-electron chi connectivity index (χ3n) is 3.85. The molecule has 116 valence electrons. The first-order chi connectivity index (χ1) is 9.61. The molecule has 0 aliphatic rings. The molecule has 0 atom stereocenters. The van der Waals surface area contributed by atoms with E-state index in [1.165, 1.54) is 11.1 Å². The summed E-state index contributed by atoms with van der Waals surface area (Å²) < 4.78 is 0. The highest BCUT2D eigenvalue weighted by molar-refractivity contribution is 5.41. The summed E-state index contributed by atoms with van der Waals surface area (Å²) in [5.41, 5.74) is 3.60. The quantitative estimate of drug-likeness (QED) is 0.470. The topological polar surface area (TPSA) is 0 Å². The van der Waals surface area contributed by atoms with E-state index in [1.54, 1.807) is 0 Å². The molecule has 0 nitrogen and oxygen atoms in total. The number of allylic oxidation sites excluding steroid dienone is 10. The van der Waals surface area contributed by atoms with Crippen LogP contribution in [0.15, 0.2) is 72.4 Å². The van der Waals surface area contributed by atoms with Gasteiger partial charge in [-0.05, 0) is 36.0 Å². The highest BCUT2D eigenvalue weighted by Crippen LogP contribution is 2.36. The molecule has 0 unspecified atom stereocenters. The molecule has 0 bridgehead atoms. The predicted octanol–water partition coefficient (Wildman–Crippen LogP) is 6.81. The van der Waals surface area contributed by atoms with Gasteiger partial charge in [-0.15, -0.1) is 0 Å². The highest BCUT2D eigenvalue weighted by Gasteiger charge is 2.23. The van der Waals surface area contributed by atoms with E-state index in [2.05, 4.69) is 79.0 Å². The highest BCUT2D eigenvalue weighted by atomic mass is 14.3. The monoisotopic (exact) mass is 284 g/mol. The molecule has 0 fully saturated rings. The van der Waals surface area contributed by atoms with Gasteiger partial charge in [0.1, 0.15) is 0 Å². The Bertz CT molecular complexity index is 483. The first kappa shape index (κ1) is 19.4. The zero-order valence-corrected chi connectivity index (χ0v) is 15.0. The summed E-state index contributed by atoms with van der Waals surface area (Å²) >= 11 is 0. The number of hydrogen-bond acceptors (Lipinski definition) is 0. The molecule has 0 heteroatoms. The fourth-order valence-electron chi connectivity index (χ4n) is 2.09. The Balaban J connectivity index is 5.38. The lowest BCUT2D eigenvalue weighted by molar-refractivity contribution is 0.515. The van der Waals surface area contributed by atoms with Crippen molar-refractivity contribution in [3.05, 3.63) is 72.4 Å². The molecule has 0 aromatic carbocycles. The molecule has 0 aromatic rings. The Kier molecular flexibility index (Phi) is 7.43. The van der Waals surface area contributed by atoms with E-state index in [1.807, 2.05) is 25.2 Å². The van der Waals surface area contributed by atoms with Crippen LogP contribution in [-0.4, -0.2) is 0 Å². The van der Waals surface area contributed by atoms with Gasteiger partial charge < -0.3 is 0 Å². The average Bonchev–Trinajstić information content (AvgIpc) is 2.38. The van der Waals surface area contributed by atoms with E-state index in [9.17, 15) is 0 Å². The SMILES string of the molecule is C=C/C(=C\C=C/C)C(C)(C)C(=C)/C=C\C(=C/C)C(C)(C)C. The lowest BCUT2D eigenvalue weighted by Crippen LogP contribution is -2.15. The Hall–Kier alpha value is -1.56. The van der Waals surface area contributed by atoms with Crippen LogP contribution in [0.1, 0.15) is 48.5 Å². The zero-order valence-electron chi connectivity index (χ0n) is 15.0. The molecule has 0 N–H and O–H groups in total. The van der Waals surface area contributed by atoms with Gasteiger partial charge in [0.15, 0.2) is 0 Å². The van der Waals surface area contributed by atoms with Gasteiger partial charge in [0.2, 0.25) is 0 Å². The predicted molar refractivity (Wildman–Crippen MR) is 98.4 cm³/mol. The van der Waals surface area contributed by atoms with Gasteiger partial charge in [0, 0.05) is 5.41 Å². The second kappa shape index (κ2) is 8.02. The van der Waals surface area contributed by atoms with Crippen LogP contribution in [0.2, 0.25) is 0 Å². The summed E-state index contributed by atoms with van der Waals surface area (Å²) in [5.74, 6) is 0. The van der Waals surface area contributed by atoms with Gasteiger partial charge in [-0.3, -0.25) is 0 Å². The third-order valence-corrected chi connectivity index (χ3v) is 3.85. The molecule has 0 aliphatic carbocycles. The van der Waals surface area contributed by atoms with Crippen molar-refractivity contribution in [2.45, 2.75) is 48.5 Å². The molecule has 0 aliphatic heterocycles. The lowest BCUT2D eigenvalue weighted by Gasteiger charge is -2.28. The number of rotatable bonds is 6. The Morgan fingerprint density at radius 1 is 0.905 bits per heavy atom. The summed E-state index contributed by atoms with van der Waals surface area (Å²) in [4.78, 5) is 0. The van der Waals surface area contributed by atoms with Crippen molar-refractivity contribution >= 4 is 0 Å². The molecule has 0 radical (unpaired) electrons. The maximum atomic E-state index is 4.26. The smallest absolute Gasteiger partial charge is 0.0140 e. The van der Waals surface area contributed by atoms with Crippen LogP contribution in [0.25, 0.3) is 0 Å². The van der Waals surface area contributed by atoms with Crippen LogP contribution in [0.3, 0.4) is 0 Å². The van der Waals surface area contributed by atoms with Crippen molar-refractivity contribution in [1.29, 1.82) is 0 Å². The molecular formula is C21H32. The Morgan fingerprint density at radius 2 is 1.48 bits per heavy atom. The van der Waals surface area contributed by atoms with Crippen LogP contribution in [0.4, 0.5) is 0 Å². The van der Waals surface area contributed by atoms with E-state index in [0.29, 0.717) is 0 Å². The third kappa shape index (κ3) is 5.75. The van der Waals surface area contributed by atoms with E-state index < -0.39 is 0 Å². The van der Waals surface area contributed by atoms with Gasteiger partial charge in [-0.25, -0.2) is 0 Å². The first-order valence-corrected chi connectivity index (χ1v) is 7.61. The maximum Gasteiger partial charge on any atom is 0.0140 e. The average molecular weight is 284 g/mol. The van der Waals surface area contributed by atoms with E-state index in [4.69, 9.17) is 0 Å². The molecule has 0 saturated carbocycles. The van der Waals surface area contributed by atoms with Crippen LogP contribution in [-0.2, 0) is 0 Å². The minimum absolute atomic E-state index is 0.130. The van der Waals surface area contributed by atoms with Crippen LogP contribution >= 0.6 is 0 Å². The molecule has 21 heavy (non-hydrogen) atoms. The summed E-state index contributed by atoms with van der Waals surface area (Å²) in [6.07, 6.45) is 14.6. The normalized spacial score (nSPS) is 15.0. The maximum absolute atomic E-state index is 4.26. The zero-order chi connectivity index (χ0) is 16.7. The molecule has 0 spiro atoms. The molecule has 0 heterocycles. The van der Waals surface area contributed by atoms with Gasteiger partial charge in [0.05, 0.1) is 0 Å². The van der Waals surface area contributed by atoms with Gasteiger partial charge in [0.25, 0.3) is 0 Å². The summed E-state index contributed by atoms with van der Waals surface area (Å²) in [7, 11) is 0. The van der Waals surface area contributed by atoms with Crippen molar-refractivity contribution in [3.63, 3.8) is 0 Å². The molecular weight excluding hydrogens is 252 g/mol. The molecule has 0 rings (SSSR count). The second-order valence-corrected chi connectivity index (χ2v) is 6.83. The van der Waals surface area contributed by atoms with Crippen LogP contribution < -0.4 is 0 Å². The number of hydrogen-bond donors (Lipinski definition) is 0. The van der Waals surface area contributed by atoms with Crippen LogP contribution in [0, 0.1) is 10.8 Å². The first-order valence-electron chi connectivity index (χ1n) is 7.61. The van der Waals surface area contributed by atoms with Crippen molar-refractivity contribution in [2.24, 2.45) is 10.8 Å². The summed E-state index contributed by atoms with van der Waals surface area (Å²) in [6.45, 7) is 23.3. The summed E-state index contributed by atoms with van der Waals surface area (Å²) in [6, 6.07) is 0. The minimum Gasteiger partial charge on any atom is -0.0988 e. The van der Waals surface area contributed by atoms with E-state index in [0.717, 1.165) is 5.57 Å². The minimum atomic E-state index is -0.130. The van der Waals surface area contributed by atoms with Crippen molar-refractivity contribution in [1.82, 2.24) is 0 Å². The largest absolute Gasteiger partial charge is 0.0988 e. The fourth-order valence-corrected chi connectivity index (χ4v) is 2.09. The second-order valence-electron chi connectivity index (χ2n) is 6.83. The molecule has 0 amide bonds. The Labute approximate surface area is 132 Å². The van der Waals surface area contributed by atoms with E-state index >= 15 is 0 Å². The van der Waals surface area contributed by atoms with Gasteiger partial charge >= 0.3 is 0 Å². The lowest BCUT2D eigenvalue weighted by atomic mass is 9.76. The molecule has 0 saturated heterocycles. The van der Waals surface area contributed by atoms with E-state index in [-0.39, 0.29) is 10.8 Å². The van der Waals surface area contributed by atoms with Gasteiger partial charge in [-0.1, -0.05) is 90.3 Å². The fraction of sp³-hybridized carbons (Fsp3) is 0.429. The van der Waals surface area contributed by atoms with Crippen molar-refractivity contribution in [2.75, 3.05) is 0 Å². The Morgan fingerprint density at radius 3 is 1.86 bits per heavy atom. The van der Waals surface area contributed by atoms with Gasteiger partial charge in [-0.2, -0.15) is 0 Å².